The number of nitrogens with two attached hydrogens (primary N) is 2. The van der Waals surface area contributed by atoms with E-state index in [1.54, 1.807) is 12.3 Å². The van der Waals surface area contributed by atoms with Crippen LogP contribution in [0.2, 0.25) is 0 Å². The first-order valence-corrected chi connectivity index (χ1v) is 5.96. The summed E-state index contributed by atoms with van der Waals surface area (Å²) in [6.45, 7) is 6.84. The summed E-state index contributed by atoms with van der Waals surface area (Å²) >= 11 is 0. The second-order valence-electron chi connectivity index (χ2n) is 4.55. The summed E-state index contributed by atoms with van der Waals surface area (Å²) < 4.78 is 0. The molecule has 94 valence electrons. The molecule has 1 atom stereocenters. The van der Waals surface area contributed by atoms with Gasteiger partial charge in [-0.2, -0.15) is 4.98 Å². The van der Waals surface area contributed by atoms with Crippen LogP contribution in [0.3, 0.4) is 0 Å². The van der Waals surface area contributed by atoms with E-state index in [2.05, 4.69) is 19.8 Å². The number of nitrogens with zero attached hydrogens (tertiary/aromatic N) is 4. The van der Waals surface area contributed by atoms with Crippen LogP contribution >= 0.6 is 0 Å². The number of aromatic nitrogens is 2. The molecule has 1 aliphatic heterocycles. The molecule has 0 aromatic carbocycles. The van der Waals surface area contributed by atoms with Gasteiger partial charge in [0, 0.05) is 45.0 Å². The van der Waals surface area contributed by atoms with Crippen LogP contribution in [0.4, 0.5) is 11.8 Å². The molecule has 6 heteroatoms. The van der Waals surface area contributed by atoms with Crippen LogP contribution in [0.25, 0.3) is 0 Å². The molecule has 2 heterocycles. The van der Waals surface area contributed by atoms with Crippen molar-refractivity contribution in [2.24, 2.45) is 5.73 Å². The summed E-state index contributed by atoms with van der Waals surface area (Å²) in [5.74, 6) is 1.25. The minimum atomic E-state index is 0.227. The molecule has 0 radical (unpaired) electrons. The molecule has 0 amide bonds. The molecule has 4 N–H and O–H groups in total. The van der Waals surface area contributed by atoms with Crippen molar-refractivity contribution < 1.29 is 0 Å². The Hall–Kier alpha value is -1.40. The summed E-state index contributed by atoms with van der Waals surface area (Å²) in [6, 6.07) is 1.93. The van der Waals surface area contributed by atoms with Crippen LogP contribution < -0.4 is 16.4 Å². The molecule has 6 nitrogen and oxygen atoms in total. The summed E-state index contributed by atoms with van der Waals surface area (Å²) in [7, 11) is 0. The van der Waals surface area contributed by atoms with Gasteiger partial charge in [0.2, 0.25) is 5.95 Å². The minimum Gasteiger partial charge on any atom is -0.384 e. The monoisotopic (exact) mass is 236 g/mol. The van der Waals surface area contributed by atoms with Gasteiger partial charge in [0.15, 0.2) is 0 Å². The number of rotatable bonds is 3. The summed E-state index contributed by atoms with van der Waals surface area (Å²) in [5, 5.41) is 0. The van der Waals surface area contributed by atoms with Crippen molar-refractivity contribution in [1.82, 2.24) is 14.9 Å². The van der Waals surface area contributed by atoms with Crippen LogP contribution in [-0.2, 0) is 0 Å². The highest BCUT2D eigenvalue weighted by molar-refractivity contribution is 5.38. The van der Waals surface area contributed by atoms with Crippen molar-refractivity contribution in [2.75, 3.05) is 43.4 Å². The highest BCUT2D eigenvalue weighted by atomic mass is 15.3. The van der Waals surface area contributed by atoms with Gasteiger partial charge in [-0.05, 0) is 13.0 Å². The Morgan fingerprint density at radius 1 is 1.35 bits per heavy atom. The number of hydrogen-bond acceptors (Lipinski definition) is 6. The molecule has 1 fully saturated rings. The van der Waals surface area contributed by atoms with Gasteiger partial charge in [0.1, 0.15) is 5.82 Å². The Morgan fingerprint density at radius 3 is 2.65 bits per heavy atom. The van der Waals surface area contributed by atoms with Gasteiger partial charge in [-0.15, -0.1) is 0 Å². The normalized spacial score (nSPS) is 19.3. The summed E-state index contributed by atoms with van der Waals surface area (Å²) in [5.41, 5.74) is 11.4. The van der Waals surface area contributed by atoms with E-state index < -0.39 is 0 Å². The predicted octanol–water partition coefficient (Wildman–Crippen LogP) is -0.472. The van der Waals surface area contributed by atoms with E-state index in [-0.39, 0.29) is 6.04 Å². The second-order valence-corrected chi connectivity index (χ2v) is 4.55. The zero-order valence-electron chi connectivity index (χ0n) is 10.2. The average Bonchev–Trinajstić information content (AvgIpc) is 2.29. The van der Waals surface area contributed by atoms with Crippen LogP contribution in [0, 0.1) is 0 Å². The van der Waals surface area contributed by atoms with Crippen molar-refractivity contribution in [2.45, 2.75) is 13.0 Å². The zero-order valence-corrected chi connectivity index (χ0v) is 10.2. The Morgan fingerprint density at radius 2 is 2.06 bits per heavy atom. The SMILES string of the molecule is C[C@H](N)CN1CCN(c2nccc(N)n2)CC1. The van der Waals surface area contributed by atoms with Crippen molar-refractivity contribution in [3.63, 3.8) is 0 Å². The first-order chi connectivity index (χ1) is 8.15. The molecule has 0 bridgehead atoms. The fourth-order valence-corrected chi connectivity index (χ4v) is 2.05. The standard InChI is InChI=1S/C11H20N6/c1-9(12)8-16-4-6-17(7-5-16)11-14-3-2-10(13)15-11/h2-3,9H,4-8,12H2,1H3,(H2,13,14,15)/t9-/m0/s1. The fourth-order valence-electron chi connectivity index (χ4n) is 2.05. The third-order valence-corrected chi connectivity index (χ3v) is 2.87. The van der Waals surface area contributed by atoms with Gasteiger partial charge in [0.25, 0.3) is 0 Å². The van der Waals surface area contributed by atoms with E-state index in [4.69, 9.17) is 11.5 Å². The molecule has 0 unspecified atom stereocenters. The maximum Gasteiger partial charge on any atom is 0.227 e. The predicted molar refractivity (Wildman–Crippen MR) is 68.7 cm³/mol. The van der Waals surface area contributed by atoms with Gasteiger partial charge in [-0.3, -0.25) is 4.90 Å². The Labute approximate surface area is 102 Å². The molecular weight excluding hydrogens is 216 g/mol. The summed E-state index contributed by atoms with van der Waals surface area (Å²) in [6.07, 6.45) is 1.70. The van der Waals surface area contributed by atoms with E-state index in [1.807, 2.05) is 6.92 Å². The van der Waals surface area contributed by atoms with E-state index >= 15 is 0 Å². The molecule has 0 spiro atoms. The maximum absolute atomic E-state index is 5.79. The van der Waals surface area contributed by atoms with Crippen LogP contribution in [0.1, 0.15) is 6.92 Å². The number of anilines is 2. The quantitative estimate of drug-likeness (QED) is 0.738. The maximum atomic E-state index is 5.79. The Kier molecular flexibility index (Phi) is 3.75. The highest BCUT2D eigenvalue weighted by Gasteiger charge is 2.19. The minimum absolute atomic E-state index is 0.227. The van der Waals surface area contributed by atoms with Crippen molar-refractivity contribution >= 4 is 11.8 Å². The largest absolute Gasteiger partial charge is 0.384 e. The number of hydrogen-bond donors (Lipinski definition) is 2. The lowest BCUT2D eigenvalue weighted by Crippen LogP contribution is -2.49. The molecule has 0 aliphatic carbocycles. The van der Waals surface area contributed by atoms with Gasteiger partial charge in [-0.25, -0.2) is 4.98 Å². The van der Waals surface area contributed by atoms with Crippen LogP contribution in [0.15, 0.2) is 12.3 Å². The molecule has 0 saturated carbocycles. The van der Waals surface area contributed by atoms with E-state index in [1.165, 1.54) is 0 Å². The van der Waals surface area contributed by atoms with Crippen LogP contribution in [-0.4, -0.2) is 53.6 Å². The summed E-state index contributed by atoms with van der Waals surface area (Å²) in [4.78, 5) is 13.0. The lowest BCUT2D eigenvalue weighted by atomic mass is 10.2. The molecule has 1 aromatic heterocycles. The fraction of sp³-hybridized carbons (Fsp3) is 0.636. The molecule has 17 heavy (non-hydrogen) atoms. The van der Waals surface area contributed by atoms with Gasteiger partial charge in [-0.1, -0.05) is 0 Å². The van der Waals surface area contributed by atoms with Crippen molar-refractivity contribution in [3.05, 3.63) is 12.3 Å². The van der Waals surface area contributed by atoms with E-state index in [9.17, 15) is 0 Å². The topological polar surface area (TPSA) is 84.3 Å². The highest BCUT2D eigenvalue weighted by Crippen LogP contribution is 2.11. The van der Waals surface area contributed by atoms with Crippen molar-refractivity contribution in [3.8, 4) is 0 Å². The van der Waals surface area contributed by atoms with E-state index in [0.717, 1.165) is 38.7 Å². The number of nitrogen functional groups attached to an aromatic ring is 1. The molecular formula is C11H20N6. The average molecular weight is 236 g/mol. The van der Waals surface area contributed by atoms with Gasteiger partial charge >= 0.3 is 0 Å². The lowest BCUT2D eigenvalue weighted by molar-refractivity contribution is 0.245. The smallest absolute Gasteiger partial charge is 0.227 e. The van der Waals surface area contributed by atoms with Crippen molar-refractivity contribution in [1.29, 1.82) is 0 Å². The lowest BCUT2D eigenvalue weighted by Gasteiger charge is -2.35. The first kappa shape index (κ1) is 12.1. The third kappa shape index (κ3) is 3.28. The third-order valence-electron chi connectivity index (χ3n) is 2.87. The Balaban J connectivity index is 1.91. The Bertz CT molecular complexity index is 359. The molecule has 2 rings (SSSR count). The molecule has 1 saturated heterocycles. The van der Waals surface area contributed by atoms with Gasteiger partial charge in [0.05, 0.1) is 0 Å². The first-order valence-electron chi connectivity index (χ1n) is 5.96. The molecule has 1 aliphatic rings. The van der Waals surface area contributed by atoms with Crippen LogP contribution in [0.5, 0.6) is 0 Å². The zero-order chi connectivity index (χ0) is 12.3. The van der Waals surface area contributed by atoms with E-state index in [0.29, 0.717) is 5.82 Å². The number of piperazine rings is 1. The second kappa shape index (κ2) is 5.29. The molecule has 1 aromatic rings. The van der Waals surface area contributed by atoms with Gasteiger partial charge < -0.3 is 16.4 Å².